The Morgan fingerprint density at radius 2 is 2.00 bits per heavy atom. The molecule has 1 aliphatic carbocycles. The van der Waals surface area contributed by atoms with E-state index in [4.69, 9.17) is 4.74 Å². The highest BCUT2D eigenvalue weighted by Gasteiger charge is 2.29. The topological polar surface area (TPSA) is 46.5 Å². The predicted octanol–water partition coefficient (Wildman–Crippen LogP) is 1.24. The fourth-order valence-corrected chi connectivity index (χ4v) is 1.57. The molecule has 0 heterocycles. The van der Waals surface area contributed by atoms with Gasteiger partial charge in [0.25, 0.3) is 0 Å². The van der Waals surface area contributed by atoms with Crippen LogP contribution >= 0.6 is 0 Å². The molecule has 0 saturated heterocycles. The van der Waals surface area contributed by atoms with Gasteiger partial charge in [0, 0.05) is 6.92 Å². The molecule has 0 bridgehead atoms. The Balaban J connectivity index is 2.31. The minimum atomic E-state index is -0.545. The van der Waals surface area contributed by atoms with E-state index in [1.807, 2.05) is 6.92 Å². The van der Waals surface area contributed by atoms with Crippen molar-refractivity contribution in [3.8, 4) is 0 Å². The van der Waals surface area contributed by atoms with Crippen LogP contribution in [0.25, 0.3) is 0 Å². The summed E-state index contributed by atoms with van der Waals surface area (Å²) < 4.78 is 5.03. The number of carbonyl (C=O) groups is 1. The number of ether oxygens (including phenoxy) is 1. The Morgan fingerprint density at radius 3 is 2.42 bits per heavy atom. The van der Waals surface area contributed by atoms with Gasteiger partial charge in [-0.15, -0.1) is 0 Å². The van der Waals surface area contributed by atoms with Gasteiger partial charge in [-0.1, -0.05) is 0 Å². The Hall–Kier alpha value is -0.570. The van der Waals surface area contributed by atoms with Crippen LogP contribution in [0.2, 0.25) is 0 Å². The molecular weight excluding hydrogens is 156 g/mol. The minimum Gasteiger partial charge on any atom is -0.463 e. The van der Waals surface area contributed by atoms with Gasteiger partial charge in [-0.05, 0) is 32.6 Å². The van der Waals surface area contributed by atoms with Crippen molar-refractivity contribution in [3.05, 3.63) is 0 Å². The number of carbonyl (C=O) groups excluding carboxylic acids is 1. The molecule has 1 rings (SSSR count). The fourth-order valence-electron chi connectivity index (χ4n) is 1.57. The predicted molar refractivity (Wildman–Crippen MR) is 44.6 cm³/mol. The number of hydrogen-bond donors (Lipinski definition) is 1. The van der Waals surface area contributed by atoms with Crippen LogP contribution < -0.4 is 0 Å². The number of hydrogen-bond acceptors (Lipinski definition) is 3. The molecule has 70 valence electrons. The van der Waals surface area contributed by atoms with Gasteiger partial charge in [0.05, 0.1) is 5.60 Å². The third-order valence-corrected chi connectivity index (χ3v) is 2.34. The highest BCUT2D eigenvalue weighted by molar-refractivity contribution is 5.66. The summed E-state index contributed by atoms with van der Waals surface area (Å²) >= 11 is 0. The zero-order chi connectivity index (χ0) is 9.19. The third-order valence-electron chi connectivity index (χ3n) is 2.34. The van der Waals surface area contributed by atoms with Crippen LogP contribution in [-0.2, 0) is 9.53 Å². The number of esters is 1. The maximum absolute atomic E-state index is 10.6. The van der Waals surface area contributed by atoms with E-state index in [-0.39, 0.29) is 12.1 Å². The van der Waals surface area contributed by atoms with E-state index in [0.717, 1.165) is 25.7 Å². The van der Waals surface area contributed by atoms with Crippen LogP contribution in [0.3, 0.4) is 0 Å². The first-order chi connectivity index (χ1) is 5.49. The molecule has 3 nitrogen and oxygen atoms in total. The second-order valence-corrected chi connectivity index (χ2v) is 3.81. The smallest absolute Gasteiger partial charge is 0.302 e. The standard InChI is InChI=1S/C9H16O3/c1-7(10)12-8-3-5-9(2,11)6-4-8/h8,11H,3-6H2,1-2H3. The molecule has 1 N–H and O–H groups in total. The second-order valence-electron chi connectivity index (χ2n) is 3.81. The van der Waals surface area contributed by atoms with Gasteiger partial charge < -0.3 is 9.84 Å². The van der Waals surface area contributed by atoms with Gasteiger partial charge in [-0.3, -0.25) is 4.79 Å². The van der Waals surface area contributed by atoms with Crippen LogP contribution in [0.1, 0.15) is 39.5 Å². The molecule has 1 saturated carbocycles. The van der Waals surface area contributed by atoms with E-state index in [1.165, 1.54) is 6.92 Å². The van der Waals surface area contributed by atoms with Crippen molar-refractivity contribution in [2.24, 2.45) is 0 Å². The summed E-state index contributed by atoms with van der Waals surface area (Å²) in [5, 5.41) is 9.59. The average Bonchev–Trinajstić information content (AvgIpc) is 1.93. The van der Waals surface area contributed by atoms with Crippen LogP contribution in [0.15, 0.2) is 0 Å². The molecule has 3 heteroatoms. The Morgan fingerprint density at radius 1 is 1.50 bits per heavy atom. The maximum Gasteiger partial charge on any atom is 0.302 e. The second kappa shape index (κ2) is 3.44. The van der Waals surface area contributed by atoms with E-state index in [1.54, 1.807) is 0 Å². The summed E-state index contributed by atoms with van der Waals surface area (Å²) in [7, 11) is 0. The third kappa shape index (κ3) is 2.81. The first kappa shape index (κ1) is 9.52. The van der Waals surface area contributed by atoms with Crippen LogP contribution in [0.5, 0.6) is 0 Å². The van der Waals surface area contributed by atoms with Gasteiger partial charge in [0.2, 0.25) is 0 Å². The normalized spacial score (nSPS) is 36.1. The first-order valence-corrected chi connectivity index (χ1v) is 4.39. The van der Waals surface area contributed by atoms with Crippen molar-refractivity contribution in [1.29, 1.82) is 0 Å². The molecule has 0 aromatic carbocycles. The first-order valence-electron chi connectivity index (χ1n) is 4.39. The fraction of sp³-hybridized carbons (Fsp3) is 0.889. The molecular formula is C9H16O3. The number of rotatable bonds is 1. The van der Waals surface area contributed by atoms with Gasteiger partial charge in [-0.25, -0.2) is 0 Å². The molecule has 0 amide bonds. The largest absolute Gasteiger partial charge is 0.463 e. The lowest BCUT2D eigenvalue weighted by molar-refractivity contribution is -0.150. The Kier molecular flexibility index (Phi) is 2.73. The molecule has 1 fully saturated rings. The van der Waals surface area contributed by atoms with Crippen molar-refractivity contribution >= 4 is 5.97 Å². The van der Waals surface area contributed by atoms with Gasteiger partial charge in [0.15, 0.2) is 0 Å². The van der Waals surface area contributed by atoms with Gasteiger partial charge in [0.1, 0.15) is 6.10 Å². The molecule has 0 spiro atoms. The summed E-state index contributed by atoms with van der Waals surface area (Å²) in [6.45, 7) is 3.25. The van der Waals surface area contributed by atoms with Gasteiger partial charge >= 0.3 is 5.97 Å². The van der Waals surface area contributed by atoms with E-state index in [9.17, 15) is 9.90 Å². The van der Waals surface area contributed by atoms with E-state index < -0.39 is 5.60 Å². The highest BCUT2D eigenvalue weighted by Crippen LogP contribution is 2.29. The molecule has 0 aromatic heterocycles. The molecule has 0 atom stereocenters. The van der Waals surface area contributed by atoms with Gasteiger partial charge in [-0.2, -0.15) is 0 Å². The van der Waals surface area contributed by atoms with Crippen molar-refractivity contribution in [2.75, 3.05) is 0 Å². The monoisotopic (exact) mass is 172 g/mol. The summed E-state index contributed by atoms with van der Waals surface area (Å²) in [6, 6.07) is 0. The molecule has 0 unspecified atom stereocenters. The van der Waals surface area contributed by atoms with Crippen molar-refractivity contribution < 1.29 is 14.6 Å². The van der Waals surface area contributed by atoms with Crippen LogP contribution in [0.4, 0.5) is 0 Å². The van der Waals surface area contributed by atoms with Crippen LogP contribution in [-0.4, -0.2) is 22.8 Å². The lowest BCUT2D eigenvalue weighted by Crippen LogP contribution is -2.34. The molecule has 1 aliphatic rings. The quantitative estimate of drug-likeness (QED) is 0.605. The Labute approximate surface area is 72.7 Å². The lowest BCUT2D eigenvalue weighted by Gasteiger charge is -2.32. The lowest BCUT2D eigenvalue weighted by atomic mass is 9.85. The maximum atomic E-state index is 10.6. The Bertz CT molecular complexity index is 165. The van der Waals surface area contributed by atoms with Crippen LogP contribution in [0, 0.1) is 0 Å². The zero-order valence-electron chi connectivity index (χ0n) is 7.67. The van der Waals surface area contributed by atoms with Crippen molar-refractivity contribution in [2.45, 2.75) is 51.2 Å². The molecule has 0 aliphatic heterocycles. The molecule has 12 heavy (non-hydrogen) atoms. The van der Waals surface area contributed by atoms with E-state index in [2.05, 4.69) is 0 Å². The van der Waals surface area contributed by atoms with E-state index >= 15 is 0 Å². The highest BCUT2D eigenvalue weighted by atomic mass is 16.5. The summed E-state index contributed by atoms with van der Waals surface area (Å²) in [5.41, 5.74) is -0.545. The zero-order valence-corrected chi connectivity index (χ0v) is 7.67. The SMILES string of the molecule is CC(=O)OC1CCC(C)(O)CC1. The number of aliphatic hydroxyl groups is 1. The summed E-state index contributed by atoms with van der Waals surface area (Å²) in [6.07, 6.45) is 3.05. The molecule has 0 aromatic rings. The summed E-state index contributed by atoms with van der Waals surface area (Å²) in [4.78, 5) is 10.6. The summed E-state index contributed by atoms with van der Waals surface area (Å²) in [5.74, 6) is -0.221. The molecule has 0 radical (unpaired) electrons. The van der Waals surface area contributed by atoms with Crippen molar-refractivity contribution in [1.82, 2.24) is 0 Å². The van der Waals surface area contributed by atoms with Crippen molar-refractivity contribution in [3.63, 3.8) is 0 Å². The minimum absolute atomic E-state index is 0.0303. The average molecular weight is 172 g/mol. The van der Waals surface area contributed by atoms with E-state index in [0.29, 0.717) is 0 Å².